The highest BCUT2D eigenvalue weighted by Gasteiger charge is 2.31. The zero-order valence-electron chi connectivity index (χ0n) is 10.7. The number of amides is 1. The van der Waals surface area contributed by atoms with Gasteiger partial charge in [0.2, 0.25) is 11.9 Å². The van der Waals surface area contributed by atoms with E-state index in [0.717, 1.165) is 43.2 Å². The van der Waals surface area contributed by atoms with Crippen LogP contribution in [0.15, 0.2) is 16.9 Å². The van der Waals surface area contributed by atoms with Crippen LogP contribution < -0.4 is 10.2 Å². The van der Waals surface area contributed by atoms with Crippen molar-refractivity contribution in [3.05, 3.63) is 16.9 Å². The fourth-order valence-electron chi connectivity index (χ4n) is 2.39. The fraction of sp³-hybridized carbons (Fsp3) is 0.615. The maximum Gasteiger partial charge on any atom is 0.225 e. The Hall–Kier alpha value is -1.17. The van der Waals surface area contributed by atoms with E-state index < -0.39 is 0 Å². The standard InChI is InChI=1S/C13H17BrN4O/c14-10-6-15-13(16-7-10)18-5-1-2-9(8-18)12(19)17-11-3-4-11/h6-7,9,11H,1-5,8H2,(H,17,19). The minimum atomic E-state index is 0.0709. The maximum absolute atomic E-state index is 12.1. The predicted molar refractivity (Wildman–Crippen MR) is 75.8 cm³/mol. The Morgan fingerprint density at radius 1 is 1.32 bits per heavy atom. The summed E-state index contributed by atoms with van der Waals surface area (Å²) in [5.74, 6) is 0.984. The SMILES string of the molecule is O=C(NC1CC1)C1CCCN(c2ncc(Br)cn2)C1. The van der Waals surface area contributed by atoms with Crippen LogP contribution in [0.5, 0.6) is 0 Å². The molecule has 2 fully saturated rings. The number of nitrogens with one attached hydrogen (secondary N) is 1. The number of hydrogen-bond donors (Lipinski definition) is 1. The summed E-state index contributed by atoms with van der Waals surface area (Å²) in [4.78, 5) is 22.8. The number of carbonyl (C=O) groups is 1. The lowest BCUT2D eigenvalue weighted by molar-refractivity contribution is -0.125. The molecule has 5 nitrogen and oxygen atoms in total. The Bertz CT molecular complexity index is 460. The van der Waals surface area contributed by atoms with Gasteiger partial charge in [-0.2, -0.15) is 0 Å². The second-order valence-corrected chi connectivity index (χ2v) is 6.18. The van der Waals surface area contributed by atoms with Crippen LogP contribution in [-0.4, -0.2) is 35.0 Å². The quantitative estimate of drug-likeness (QED) is 0.920. The van der Waals surface area contributed by atoms with Gasteiger partial charge in [0, 0.05) is 31.5 Å². The van der Waals surface area contributed by atoms with Crippen LogP contribution >= 0.6 is 15.9 Å². The van der Waals surface area contributed by atoms with Gasteiger partial charge < -0.3 is 10.2 Å². The van der Waals surface area contributed by atoms with Gasteiger partial charge in [-0.3, -0.25) is 4.79 Å². The number of halogens is 1. The summed E-state index contributed by atoms with van der Waals surface area (Å²) >= 11 is 3.33. The number of hydrogen-bond acceptors (Lipinski definition) is 4. The van der Waals surface area contributed by atoms with Crippen LogP contribution in [0, 0.1) is 5.92 Å². The smallest absolute Gasteiger partial charge is 0.225 e. The molecule has 1 N–H and O–H groups in total. The first-order valence-corrected chi connectivity index (χ1v) is 7.54. The molecule has 1 aromatic rings. The lowest BCUT2D eigenvalue weighted by Gasteiger charge is -2.32. The molecule has 1 amide bonds. The number of anilines is 1. The van der Waals surface area contributed by atoms with E-state index in [1.54, 1.807) is 12.4 Å². The van der Waals surface area contributed by atoms with E-state index in [1.807, 2.05) is 0 Å². The first-order chi connectivity index (χ1) is 9.22. The van der Waals surface area contributed by atoms with Gasteiger partial charge in [0.15, 0.2) is 0 Å². The molecule has 6 heteroatoms. The molecule has 1 aliphatic carbocycles. The minimum Gasteiger partial charge on any atom is -0.353 e. The van der Waals surface area contributed by atoms with E-state index in [9.17, 15) is 4.79 Å². The van der Waals surface area contributed by atoms with Crippen molar-refractivity contribution in [1.29, 1.82) is 0 Å². The Labute approximate surface area is 120 Å². The van der Waals surface area contributed by atoms with Crippen LogP contribution in [0.2, 0.25) is 0 Å². The Morgan fingerprint density at radius 2 is 2.05 bits per heavy atom. The fourth-order valence-corrected chi connectivity index (χ4v) is 2.59. The number of piperidine rings is 1. The van der Waals surface area contributed by atoms with Crippen molar-refractivity contribution in [3.8, 4) is 0 Å². The number of nitrogens with zero attached hydrogens (tertiary/aromatic N) is 3. The van der Waals surface area contributed by atoms with Crippen molar-refractivity contribution in [2.75, 3.05) is 18.0 Å². The Balaban J connectivity index is 1.63. The van der Waals surface area contributed by atoms with E-state index in [0.29, 0.717) is 12.0 Å². The largest absolute Gasteiger partial charge is 0.353 e. The third-order valence-corrected chi connectivity index (χ3v) is 4.01. The van der Waals surface area contributed by atoms with Crippen molar-refractivity contribution >= 4 is 27.8 Å². The molecular weight excluding hydrogens is 308 g/mol. The number of aromatic nitrogens is 2. The molecule has 1 saturated carbocycles. The second kappa shape index (κ2) is 5.45. The van der Waals surface area contributed by atoms with Crippen molar-refractivity contribution in [3.63, 3.8) is 0 Å². The topological polar surface area (TPSA) is 58.1 Å². The molecule has 1 unspecified atom stereocenters. The highest BCUT2D eigenvalue weighted by molar-refractivity contribution is 9.10. The summed E-state index contributed by atoms with van der Waals surface area (Å²) < 4.78 is 0.872. The minimum absolute atomic E-state index is 0.0709. The highest BCUT2D eigenvalue weighted by Crippen LogP contribution is 2.24. The summed E-state index contributed by atoms with van der Waals surface area (Å²) in [6.45, 7) is 1.65. The van der Waals surface area contributed by atoms with Gasteiger partial charge in [-0.25, -0.2) is 9.97 Å². The molecule has 1 aliphatic heterocycles. The van der Waals surface area contributed by atoms with Crippen molar-refractivity contribution in [1.82, 2.24) is 15.3 Å². The van der Waals surface area contributed by atoms with Crippen LogP contribution in [0.3, 0.4) is 0 Å². The summed E-state index contributed by atoms with van der Waals surface area (Å²) in [6, 6.07) is 0.437. The van der Waals surface area contributed by atoms with Gasteiger partial charge in [-0.1, -0.05) is 0 Å². The monoisotopic (exact) mass is 324 g/mol. The predicted octanol–water partition coefficient (Wildman–Crippen LogP) is 1.73. The van der Waals surface area contributed by atoms with E-state index in [4.69, 9.17) is 0 Å². The van der Waals surface area contributed by atoms with Gasteiger partial charge in [-0.05, 0) is 41.6 Å². The molecule has 0 radical (unpaired) electrons. The molecular formula is C13H17BrN4O. The van der Waals surface area contributed by atoms with E-state index in [-0.39, 0.29) is 11.8 Å². The first-order valence-electron chi connectivity index (χ1n) is 6.75. The normalized spacial score (nSPS) is 23.2. The first kappa shape index (κ1) is 12.8. The van der Waals surface area contributed by atoms with Gasteiger partial charge in [0.25, 0.3) is 0 Å². The van der Waals surface area contributed by atoms with E-state index in [2.05, 4.69) is 36.1 Å². The molecule has 102 valence electrons. The van der Waals surface area contributed by atoms with Crippen LogP contribution in [0.25, 0.3) is 0 Å². The molecule has 0 spiro atoms. The van der Waals surface area contributed by atoms with Crippen molar-refractivity contribution in [2.24, 2.45) is 5.92 Å². The number of carbonyl (C=O) groups excluding carboxylic acids is 1. The van der Waals surface area contributed by atoms with Crippen LogP contribution in [0.1, 0.15) is 25.7 Å². The van der Waals surface area contributed by atoms with E-state index >= 15 is 0 Å². The zero-order valence-corrected chi connectivity index (χ0v) is 12.3. The molecule has 2 heterocycles. The van der Waals surface area contributed by atoms with Gasteiger partial charge in [0.1, 0.15) is 0 Å². The summed E-state index contributed by atoms with van der Waals surface area (Å²) in [6.07, 6.45) is 7.75. The zero-order chi connectivity index (χ0) is 13.2. The summed E-state index contributed by atoms with van der Waals surface area (Å²) in [5.41, 5.74) is 0. The molecule has 3 rings (SSSR count). The average molecular weight is 325 g/mol. The Kier molecular flexibility index (Phi) is 3.68. The lowest BCUT2D eigenvalue weighted by atomic mass is 9.97. The molecule has 0 aromatic carbocycles. The van der Waals surface area contributed by atoms with Gasteiger partial charge >= 0.3 is 0 Å². The molecule has 1 atom stereocenters. The Morgan fingerprint density at radius 3 is 2.74 bits per heavy atom. The van der Waals surface area contributed by atoms with Crippen LogP contribution in [0.4, 0.5) is 5.95 Å². The molecule has 0 bridgehead atoms. The molecule has 1 saturated heterocycles. The third-order valence-electron chi connectivity index (χ3n) is 3.61. The van der Waals surface area contributed by atoms with Crippen molar-refractivity contribution in [2.45, 2.75) is 31.7 Å². The average Bonchev–Trinajstić information content (AvgIpc) is 3.24. The van der Waals surface area contributed by atoms with E-state index in [1.165, 1.54) is 0 Å². The molecule has 1 aromatic heterocycles. The summed E-state index contributed by atoms with van der Waals surface area (Å²) in [7, 11) is 0. The van der Waals surface area contributed by atoms with Gasteiger partial charge in [-0.15, -0.1) is 0 Å². The summed E-state index contributed by atoms with van der Waals surface area (Å²) in [5, 5.41) is 3.09. The number of rotatable bonds is 3. The molecule has 19 heavy (non-hydrogen) atoms. The third kappa shape index (κ3) is 3.23. The maximum atomic E-state index is 12.1. The van der Waals surface area contributed by atoms with Gasteiger partial charge in [0.05, 0.1) is 10.4 Å². The second-order valence-electron chi connectivity index (χ2n) is 5.27. The van der Waals surface area contributed by atoms with Crippen molar-refractivity contribution < 1.29 is 4.79 Å². The highest BCUT2D eigenvalue weighted by atomic mass is 79.9. The van der Waals surface area contributed by atoms with Crippen LogP contribution in [-0.2, 0) is 4.79 Å². The molecule has 2 aliphatic rings. The lowest BCUT2D eigenvalue weighted by Crippen LogP contribution is -2.44.